The van der Waals surface area contributed by atoms with Crippen molar-refractivity contribution in [2.45, 2.75) is 36.6 Å². The second-order valence-electron chi connectivity index (χ2n) is 6.42. The largest absolute Gasteiger partial charge is 0.387 e. The van der Waals surface area contributed by atoms with Gasteiger partial charge in [-0.2, -0.15) is 4.98 Å². The third kappa shape index (κ3) is 1.57. The van der Waals surface area contributed by atoms with Gasteiger partial charge in [0.2, 0.25) is 12.2 Å². The number of nitrogen functional groups attached to an aromatic ring is 1. The molecule has 1 aliphatic carbocycles. The van der Waals surface area contributed by atoms with Gasteiger partial charge >= 0.3 is 0 Å². The van der Waals surface area contributed by atoms with Gasteiger partial charge < -0.3 is 29.8 Å². The molecule has 0 spiro atoms. The highest BCUT2D eigenvalue weighted by molar-refractivity contribution is 5.99. The van der Waals surface area contributed by atoms with Crippen molar-refractivity contribution in [3.8, 4) is 11.4 Å². The minimum absolute atomic E-state index is 0.158. The highest BCUT2D eigenvalue weighted by Crippen LogP contribution is 2.61. The van der Waals surface area contributed by atoms with E-state index in [-0.39, 0.29) is 11.6 Å². The van der Waals surface area contributed by atoms with Crippen molar-refractivity contribution in [2.75, 3.05) is 5.73 Å². The topological polar surface area (TPSA) is 145 Å². The van der Waals surface area contributed by atoms with Gasteiger partial charge in [0, 0.05) is 6.20 Å². The van der Waals surface area contributed by atoms with Gasteiger partial charge in [-0.05, 0) is 6.92 Å². The fourth-order valence-electron chi connectivity index (χ4n) is 3.61. The van der Waals surface area contributed by atoms with Gasteiger partial charge in [0.05, 0.1) is 10.9 Å². The van der Waals surface area contributed by atoms with Gasteiger partial charge in [-0.25, -0.2) is 14.4 Å². The lowest BCUT2D eigenvalue weighted by atomic mass is 9.97. The first-order valence-electron chi connectivity index (χ1n) is 7.50. The number of aliphatic hydroxyl groups excluding tert-OH is 1. The number of anilines is 1. The van der Waals surface area contributed by atoms with Crippen LogP contribution in [0.1, 0.15) is 13.2 Å². The summed E-state index contributed by atoms with van der Waals surface area (Å²) in [5.41, 5.74) is 2.47. The summed E-state index contributed by atoms with van der Waals surface area (Å²) in [4.78, 5) is 12.1. The molecular formula is C14H13FN6O4. The minimum atomic E-state index is -2.25. The van der Waals surface area contributed by atoms with Crippen LogP contribution in [0.2, 0.25) is 0 Å². The zero-order valence-corrected chi connectivity index (χ0v) is 12.9. The molecule has 0 amide bonds. The van der Waals surface area contributed by atoms with E-state index in [0.717, 1.165) is 6.39 Å². The Hall–Kier alpha value is -2.63. The molecule has 1 saturated heterocycles. The van der Waals surface area contributed by atoms with Crippen molar-refractivity contribution in [1.82, 2.24) is 24.7 Å². The number of hydrogen-bond acceptors (Lipinski definition) is 9. The number of nitrogens with zero attached hydrogens (tertiary/aromatic N) is 5. The number of fused-ring (bicyclic) bond motifs is 2. The maximum atomic E-state index is 15.3. The molecule has 4 heterocycles. The minimum Gasteiger partial charge on any atom is -0.387 e. The Morgan fingerprint density at radius 1 is 1.36 bits per heavy atom. The molecule has 4 N–H and O–H groups in total. The summed E-state index contributed by atoms with van der Waals surface area (Å²) in [6.07, 6.45) is 0.419. The first-order chi connectivity index (χ1) is 11.9. The molecule has 1 saturated carbocycles. The van der Waals surface area contributed by atoms with Crippen LogP contribution < -0.4 is 5.73 Å². The summed E-state index contributed by atoms with van der Waals surface area (Å²) >= 11 is 0. The molecule has 1 aliphatic heterocycles. The smallest absolute Gasteiger partial charge is 0.214 e. The van der Waals surface area contributed by atoms with Crippen LogP contribution in [-0.2, 0) is 4.74 Å². The first-order valence-corrected chi connectivity index (χ1v) is 7.50. The highest BCUT2D eigenvalue weighted by atomic mass is 19.1. The zero-order chi connectivity index (χ0) is 17.6. The lowest BCUT2D eigenvalue weighted by molar-refractivity contribution is -0.114. The Bertz CT molecular complexity index is 989. The van der Waals surface area contributed by atoms with Crippen LogP contribution in [0.3, 0.4) is 0 Å². The molecule has 5 atom stereocenters. The van der Waals surface area contributed by atoms with Gasteiger partial charge in [0.15, 0.2) is 17.5 Å². The van der Waals surface area contributed by atoms with Crippen molar-refractivity contribution < 1.29 is 23.9 Å². The average Bonchev–Trinajstić information content (AvgIpc) is 3.05. The fraction of sp³-hybridized carbons (Fsp3) is 0.429. The van der Waals surface area contributed by atoms with Crippen LogP contribution in [-0.4, -0.2) is 58.4 Å². The molecule has 2 fully saturated rings. The number of alkyl halides is 1. The number of hydrogen-bond donors (Lipinski definition) is 3. The molecular weight excluding hydrogens is 335 g/mol. The number of rotatable bonds is 2. The van der Waals surface area contributed by atoms with E-state index in [1.807, 2.05) is 0 Å². The quantitative estimate of drug-likeness (QED) is 0.573. The van der Waals surface area contributed by atoms with E-state index < -0.39 is 29.7 Å². The molecule has 130 valence electrons. The number of aromatic nitrogens is 5. The van der Waals surface area contributed by atoms with Crippen molar-refractivity contribution in [3.63, 3.8) is 0 Å². The third-order valence-electron chi connectivity index (χ3n) is 5.08. The number of halogens is 1. The summed E-state index contributed by atoms with van der Waals surface area (Å²) in [5, 5.41) is 24.3. The molecule has 5 rings (SSSR count). The molecule has 3 aromatic heterocycles. The van der Waals surface area contributed by atoms with Crippen molar-refractivity contribution in [1.29, 1.82) is 0 Å². The molecule has 10 nitrogen and oxygen atoms in total. The van der Waals surface area contributed by atoms with E-state index in [1.165, 1.54) is 24.0 Å². The predicted molar refractivity (Wildman–Crippen MR) is 79.6 cm³/mol. The Kier molecular flexibility index (Phi) is 2.53. The molecule has 3 aromatic rings. The Morgan fingerprint density at radius 3 is 2.80 bits per heavy atom. The van der Waals surface area contributed by atoms with Crippen molar-refractivity contribution in [2.24, 2.45) is 0 Å². The number of ether oxygens (including phenoxy) is 1. The van der Waals surface area contributed by atoms with Crippen molar-refractivity contribution in [3.05, 3.63) is 18.9 Å². The Balaban J connectivity index is 1.73. The number of nitrogens with two attached hydrogens (primary N) is 1. The van der Waals surface area contributed by atoms with Gasteiger partial charge in [-0.3, -0.25) is 0 Å². The molecule has 2 aliphatic rings. The Labute approximate surface area is 139 Å². The van der Waals surface area contributed by atoms with Gasteiger partial charge in [-0.15, -0.1) is 0 Å². The highest BCUT2D eigenvalue weighted by Gasteiger charge is 2.83. The molecule has 11 heteroatoms. The lowest BCUT2D eigenvalue weighted by Crippen LogP contribution is -2.44. The van der Waals surface area contributed by atoms with Crippen LogP contribution >= 0.6 is 0 Å². The summed E-state index contributed by atoms with van der Waals surface area (Å²) < 4.78 is 27.0. The summed E-state index contributed by atoms with van der Waals surface area (Å²) in [6.45, 7) is 1.18. The molecule has 0 radical (unpaired) electrons. The van der Waals surface area contributed by atoms with Gasteiger partial charge in [0.25, 0.3) is 0 Å². The predicted octanol–water partition coefficient (Wildman–Crippen LogP) is -0.205. The van der Waals surface area contributed by atoms with E-state index in [2.05, 4.69) is 20.1 Å². The van der Waals surface area contributed by atoms with E-state index in [1.54, 1.807) is 0 Å². The maximum absolute atomic E-state index is 15.3. The summed E-state index contributed by atoms with van der Waals surface area (Å²) in [7, 11) is 0. The maximum Gasteiger partial charge on any atom is 0.214 e. The van der Waals surface area contributed by atoms with Gasteiger partial charge in [0.1, 0.15) is 30.0 Å². The zero-order valence-electron chi connectivity index (χ0n) is 12.9. The SMILES string of the molecule is CC1(F)C(n2cc(-c3ncon3)c3c(N)ncnc32)OC2C(O)C21O. The van der Waals surface area contributed by atoms with Gasteiger partial charge in [-0.1, -0.05) is 5.16 Å². The van der Waals surface area contributed by atoms with Crippen LogP contribution in [0, 0.1) is 0 Å². The van der Waals surface area contributed by atoms with Crippen LogP contribution in [0.15, 0.2) is 23.4 Å². The van der Waals surface area contributed by atoms with Crippen LogP contribution in [0.4, 0.5) is 10.2 Å². The average molecular weight is 348 g/mol. The standard InChI is InChI=1S/C14H13FN6O4/c1-13(15)12(25-8-7(22)14(8,13)23)21-2-5(10-19-4-24-20-10)6-9(16)17-3-18-11(6)21/h2-4,7-8,12,22-23H,1H3,(H2,16,17,18). The second-order valence-corrected chi connectivity index (χ2v) is 6.42. The molecule has 25 heavy (non-hydrogen) atoms. The normalized spacial score (nSPS) is 36.7. The van der Waals surface area contributed by atoms with E-state index in [9.17, 15) is 10.2 Å². The van der Waals surface area contributed by atoms with E-state index >= 15 is 4.39 Å². The van der Waals surface area contributed by atoms with Crippen LogP contribution in [0.5, 0.6) is 0 Å². The fourth-order valence-corrected chi connectivity index (χ4v) is 3.61. The monoisotopic (exact) mass is 348 g/mol. The van der Waals surface area contributed by atoms with E-state index in [0.29, 0.717) is 16.6 Å². The molecule has 5 unspecified atom stereocenters. The molecule has 0 aromatic carbocycles. The third-order valence-corrected chi connectivity index (χ3v) is 5.08. The van der Waals surface area contributed by atoms with Crippen LogP contribution in [0.25, 0.3) is 22.4 Å². The molecule has 0 bridgehead atoms. The van der Waals surface area contributed by atoms with Crippen molar-refractivity contribution >= 4 is 16.9 Å². The lowest BCUT2D eigenvalue weighted by Gasteiger charge is -2.30. The Morgan fingerprint density at radius 2 is 2.16 bits per heavy atom. The summed E-state index contributed by atoms with van der Waals surface area (Å²) in [6, 6.07) is 0. The summed E-state index contributed by atoms with van der Waals surface area (Å²) in [5.74, 6) is 0.388. The number of aliphatic hydroxyl groups is 2. The van der Waals surface area contributed by atoms with E-state index in [4.69, 9.17) is 15.0 Å². The first kappa shape index (κ1) is 14.7. The second kappa shape index (κ2) is 4.31.